The van der Waals surface area contributed by atoms with E-state index in [0.717, 1.165) is 6.42 Å². The van der Waals surface area contributed by atoms with E-state index in [9.17, 15) is 13.6 Å². The summed E-state index contributed by atoms with van der Waals surface area (Å²) in [7, 11) is -3.35. The Morgan fingerprint density at radius 3 is 2.84 bits per heavy atom. The highest BCUT2D eigenvalue weighted by Crippen LogP contribution is 2.17. The van der Waals surface area contributed by atoms with Crippen LogP contribution in [0, 0.1) is 5.21 Å². The fraction of sp³-hybridized carbons (Fsp3) is 0.364. The van der Waals surface area contributed by atoms with Crippen molar-refractivity contribution < 1.29 is 13.3 Å². The minimum atomic E-state index is -3.35. The van der Waals surface area contributed by atoms with Gasteiger partial charge >= 0.3 is 0 Å². The molecule has 0 unspecified atom stereocenters. The second kappa shape index (κ2) is 4.96. The van der Waals surface area contributed by atoms with Crippen LogP contribution in [-0.2, 0) is 9.84 Å². The first-order chi connectivity index (χ1) is 8.94. The van der Waals surface area contributed by atoms with Crippen molar-refractivity contribution in [2.75, 3.05) is 11.5 Å². The summed E-state index contributed by atoms with van der Waals surface area (Å²) in [6.45, 7) is 1.92. The van der Waals surface area contributed by atoms with Gasteiger partial charge in [0.25, 0.3) is 11.5 Å². The Bertz CT molecular complexity index is 715. The van der Waals surface area contributed by atoms with Gasteiger partial charge in [-0.3, -0.25) is 0 Å². The minimum absolute atomic E-state index is 0.0763. The highest BCUT2D eigenvalue weighted by Gasteiger charge is 2.17. The Hall–Kier alpha value is -1.96. The van der Waals surface area contributed by atoms with Gasteiger partial charge in [0.15, 0.2) is 9.84 Å². The number of benzene rings is 1. The maximum absolute atomic E-state index is 12.0. The van der Waals surface area contributed by atoms with Crippen molar-refractivity contribution in [2.24, 2.45) is 0 Å². The molecule has 1 aromatic heterocycles. The van der Waals surface area contributed by atoms with Gasteiger partial charge in [-0.25, -0.2) is 13.4 Å². The van der Waals surface area contributed by atoms with Crippen LogP contribution in [0.1, 0.15) is 19.8 Å². The maximum atomic E-state index is 12.0. The zero-order valence-electron chi connectivity index (χ0n) is 10.4. The molecule has 0 radical (unpaired) electrons. The number of aromatic nitrogens is 3. The molecule has 2 N–H and O–H groups in total. The molecule has 1 heterocycles. The number of anilines is 1. The molecular formula is C11H14N4O3S. The van der Waals surface area contributed by atoms with Gasteiger partial charge in [-0.15, -0.1) is 0 Å². The maximum Gasteiger partial charge on any atom is 0.288 e. The van der Waals surface area contributed by atoms with Gasteiger partial charge in [-0.1, -0.05) is 13.3 Å². The van der Waals surface area contributed by atoms with Crippen molar-refractivity contribution in [3.05, 3.63) is 23.4 Å². The van der Waals surface area contributed by atoms with Crippen LogP contribution in [0.4, 0.5) is 5.95 Å². The average molecular weight is 282 g/mol. The molecule has 0 aliphatic heterocycles. The van der Waals surface area contributed by atoms with Crippen LogP contribution in [0.25, 0.3) is 11.0 Å². The number of nitrogens with zero attached hydrogens (tertiary/aromatic N) is 3. The van der Waals surface area contributed by atoms with E-state index in [1.165, 1.54) is 18.2 Å². The summed E-state index contributed by atoms with van der Waals surface area (Å²) in [6.07, 6.45) is 1.39. The van der Waals surface area contributed by atoms with Crippen LogP contribution in [-0.4, -0.2) is 24.3 Å². The highest BCUT2D eigenvalue weighted by molar-refractivity contribution is 7.91. The SMILES string of the molecule is CCCCS(=O)(=O)c1ccc2c(c1)nc(N)n[n+]2[O-]. The third-order valence-electron chi connectivity index (χ3n) is 2.71. The second-order valence-corrected chi connectivity index (χ2v) is 6.28. The lowest BCUT2D eigenvalue weighted by Gasteiger charge is -2.04. The number of unbranched alkanes of at least 4 members (excludes halogenated alkanes) is 1. The smallest absolute Gasteiger partial charge is 0.288 e. The predicted octanol–water partition coefficient (Wildman–Crippen LogP) is 0.419. The van der Waals surface area contributed by atoms with Crippen molar-refractivity contribution in [3.8, 4) is 0 Å². The molecule has 0 saturated carbocycles. The standard InChI is InChI=1S/C11H14N4O3S/c1-2-3-6-19(17,18)8-4-5-10-9(7-8)13-11(12)14-15(10)16/h4-5,7H,2-3,6H2,1H3,(H2,12,13,14). The van der Waals surface area contributed by atoms with Gasteiger partial charge in [0.05, 0.1) is 15.7 Å². The zero-order chi connectivity index (χ0) is 14.0. The van der Waals surface area contributed by atoms with Crippen LogP contribution < -0.4 is 10.6 Å². The molecule has 0 amide bonds. The molecule has 0 aliphatic carbocycles. The second-order valence-electron chi connectivity index (χ2n) is 4.17. The minimum Gasteiger partial charge on any atom is -0.594 e. The first-order valence-electron chi connectivity index (χ1n) is 5.84. The van der Waals surface area contributed by atoms with Crippen LogP contribution in [0.5, 0.6) is 0 Å². The fourth-order valence-corrected chi connectivity index (χ4v) is 3.16. The molecule has 0 atom stereocenters. The lowest BCUT2D eigenvalue weighted by molar-refractivity contribution is -0.641. The summed E-state index contributed by atoms with van der Waals surface area (Å²) in [5.74, 6) is -0.113. The lowest BCUT2D eigenvalue weighted by atomic mass is 10.3. The monoisotopic (exact) mass is 282 g/mol. The molecule has 1 aromatic carbocycles. The van der Waals surface area contributed by atoms with Crippen molar-refractivity contribution in [1.82, 2.24) is 10.1 Å². The number of nitrogens with two attached hydrogens (primary N) is 1. The summed E-state index contributed by atoms with van der Waals surface area (Å²) in [5, 5.41) is 14.9. The topological polar surface area (TPSA) is 113 Å². The number of nitrogen functional groups attached to an aromatic ring is 1. The van der Waals surface area contributed by atoms with Crippen molar-refractivity contribution in [1.29, 1.82) is 0 Å². The molecule has 2 rings (SSSR count). The fourth-order valence-electron chi connectivity index (χ4n) is 1.69. The molecule has 7 nitrogen and oxygen atoms in total. The molecule has 8 heteroatoms. The summed E-state index contributed by atoms with van der Waals surface area (Å²) in [6, 6.07) is 4.13. The molecule has 0 spiro atoms. The number of sulfone groups is 1. The molecule has 0 aliphatic rings. The van der Waals surface area contributed by atoms with Gasteiger partial charge in [-0.05, 0) is 23.4 Å². The Morgan fingerprint density at radius 2 is 2.16 bits per heavy atom. The van der Waals surface area contributed by atoms with E-state index in [0.29, 0.717) is 11.3 Å². The number of hydrogen-bond acceptors (Lipinski definition) is 6. The Kier molecular flexibility index (Phi) is 3.52. The molecular weight excluding hydrogens is 268 g/mol. The molecule has 2 aromatic rings. The third kappa shape index (κ3) is 2.73. The molecule has 0 fully saturated rings. The predicted molar refractivity (Wildman–Crippen MR) is 69.9 cm³/mol. The normalized spacial score (nSPS) is 11.8. The quantitative estimate of drug-likeness (QED) is 0.642. The van der Waals surface area contributed by atoms with Crippen LogP contribution in [0.15, 0.2) is 23.1 Å². The van der Waals surface area contributed by atoms with Crippen molar-refractivity contribution >= 4 is 26.8 Å². The van der Waals surface area contributed by atoms with Gasteiger partial charge in [-0.2, -0.15) is 0 Å². The summed E-state index contributed by atoms with van der Waals surface area (Å²) in [5.41, 5.74) is 5.78. The van der Waals surface area contributed by atoms with Gasteiger partial charge in [0.1, 0.15) is 5.52 Å². The first-order valence-corrected chi connectivity index (χ1v) is 7.49. The third-order valence-corrected chi connectivity index (χ3v) is 4.51. The zero-order valence-corrected chi connectivity index (χ0v) is 11.2. The van der Waals surface area contributed by atoms with Gasteiger partial charge < -0.3 is 10.9 Å². The Balaban J connectivity index is 2.53. The van der Waals surface area contributed by atoms with Crippen molar-refractivity contribution in [2.45, 2.75) is 24.7 Å². The number of rotatable bonds is 4. The Labute approximate surface area is 110 Å². The van der Waals surface area contributed by atoms with E-state index < -0.39 is 9.84 Å². The highest BCUT2D eigenvalue weighted by atomic mass is 32.2. The summed E-state index contributed by atoms with van der Waals surface area (Å²) in [4.78, 5) is 4.35. The van der Waals surface area contributed by atoms with E-state index in [1.54, 1.807) is 0 Å². The molecule has 19 heavy (non-hydrogen) atoms. The molecule has 102 valence electrons. The molecule has 0 saturated heterocycles. The summed E-state index contributed by atoms with van der Waals surface area (Å²) < 4.78 is 24.1. The van der Waals surface area contributed by atoms with E-state index >= 15 is 0 Å². The van der Waals surface area contributed by atoms with E-state index in [4.69, 9.17) is 5.73 Å². The lowest BCUT2D eigenvalue weighted by Crippen LogP contribution is -2.33. The number of hydrogen-bond donors (Lipinski definition) is 1. The largest absolute Gasteiger partial charge is 0.594 e. The van der Waals surface area contributed by atoms with Gasteiger partial charge in [0.2, 0.25) is 0 Å². The first kappa shape index (κ1) is 13.5. The van der Waals surface area contributed by atoms with E-state index in [2.05, 4.69) is 10.1 Å². The van der Waals surface area contributed by atoms with Crippen molar-refractivity contribution in [3.63, 3.8) is 0 Å². The Morgan fingerprint density at radius 1 is 1.42 bits per heavy atom. The molecule has 0 bridgehead atoms. The average Bonchev–Trinajstić information content (AvgIpc) is 2.35. The van der Waals surface area contributed by atoms with E-state index in [-0.39, 0.29) is 27.6 Å². The summed E-state index contributed by atoms with van der Waals surface area (Å²) >= 11 is 0. The van der Waals surface area contributed by atoms with Gasteiger partial charge in [0, 0.05) is 6.07 Å². The van der Waals surface area contributed by atoms with Crippen LogP contribution >= 0.6 is 0 Å². The van der Waals surface area contributed by atoms with Crippen LogP contribution in [0.2, 0.25) is 0 Å². The van der Waals surface area contributed by atoms with E-state index in [1.807, 2.05) is 6.92 Å². The number of fused-ring (bicyclic) bond motifs is 1. The van der Waals surface area contributed by atoms with Crippen LogP contribution in [0.3, 0.4) is 0 Å².